The minimum Gasteiger partial charge on any atom is -0.354 e. The number of halogens is 1. The summed E-state index contributed by atoms with van der Waals surface area (Å²) in [7, 11) is 0. The molecule has 7 heteroatoms. The molecule has 1 N–H and O–H groups in total. The summed E-state index contributed by atoms with van der Waals surface area (Å²) in [6.07, 6.45) is 0. The maximum Gasteiger partial charge on any atom is 0.0715 e. The van der Waals surface area contributed by atoms with Crippen LogP contribution in [0.1, 0.15) is 44.5 Å². The minimum absolute atomic E-state index is 0.452. The van der Waals surface area contributed by atoms with E-state index in [1.165, 1.54) is 155 Å². The van der Waals surface area contributed by atoms with Gasteiger partial charge < -0.3 is 29.8 Å². The fraction of sp³-hybridized carbons (Fsp3) is 0.0145. The maximum absolute atomic E-state index is 3.80. The summed E-state index contributed by atoms with van der Waals surface area (Å²) in [5.41, 5.74) is 38.3. The number of nitrogens with zero attached hydrogens (tertiary/aromatic N) is 5. The second-order valence-corrected chi connectivity index (χ2v) is 38.4. The average molecular weight is 1920 g/mol. The lowest BCUT2D eigenvalue weighted by Gasteiger charge is -2.37. The van der Waals surface area contributed by atoms with E-state index in [9.17, 15) is 0 Å². The molecule has 145 heavy (non-hydrogen) atoms. The van der Waals surface area contributed by atoms with E-state index in [2.05, 4.69) is 616 Å². The highest BCUT2D eigenvalue weighted by Crippen LogP contribution is 2.63. The Morgan fingerprint density at radius 3 is 0.890 bits per heavy atom. The number of rotatable bonds is 17. The van der Waals surface area contributed by atoms with Crippen LogP contribution >= 0.6 is 15.9 Å². The number of fused-ring (bicyclic) bond motifs is 14. The normalized spacial score (nSPS) is 12.6. The van der Waals surface area contributed by atoms with Gasteiger partial charge in [-0.25, -0.2) is 0 Å². The zero-order valence-corrected chi connectivity index (χ0v) is 81.0. The van der Waals surface area contributed by atoms with Gasteiger partial charge in [0.05, 0.1) is 27.9 Å². The first-order chi connectivity index (χ1) is 71.9. The van der Waals surface area contributed by atoms with Gasteiger partial charge in [0.2, 0.25) is 0 Å². The molecule has 0 amide bonds. The fourth-order valence-electron chi connectivity index (χ4n) is 23.4. The van der Waals surface area contributed by atoms with Crippen LogP contribution in [0.5, 0.6) is 0 Å². The zero-order chi connectivity index (χ0) is 96.3. The molecule has 4 aliphatic rings. The first-order valence-corrected chi connectivity index (χ1v) is 50.5. The van der Waals surface area contributed by atoms with Crippen molar-refractivity contribution >= 4 is 156 Å². The van der Waals surface area contributed by atoms with Crippen LogP contribution in [-0.4, -0.2) is 0 Å². The molecular formula is C138H95BrN6. The summed E-state index contributed by atoms with van der Waals surface area (Å²) < 4.78 is 1.08. The molecular weight excluding hydrogens is 1820 g/mol. The second-order valence-electron chi connectivity index (χ2n) is 37.5. The molecule has 0 unspecified atom stereocenters. The standard InChI is InChI=1S/C69H47N3.C37H26BrN.C32H22N2/c1-7-23-50(24-8-1)69(51-25-9-2-10-26-51)64-46-57(71(54-31-15-5-16-32-54)55-33-17-6-18-34-55)39-43-60(64)61-44-40-58(47-65(61)69)72-66-36-20-22-48-21-19-35-62(67(48)66)63-41-37-49-45-56(38-42-59(49)68(63)72)70(52-27-11-3-12-28-52)53-29-13-4-14-30-53;38-29-21-23-33-34-24-22-32(39(30-17-9-3-10-18-30)31-19-11-4-12-20-31)26-36(34)37(35(33)25-29,27-13-5-1-6-14-27)28-15-7-2-8-16-28;1-3-11-24(12-4-1)34(25-13-5-2-6-14-25)26-18-20-27-23(21-26)17-19-29-28-15-7-9-22-10-8-16-30(31(22)28)33-32(27)29/h1-47H;1-26H;1-21,33H. The summed E-state index contributed by atoms with van der Waals surface area (Å²) in [6.45, 7) is 0. The highest BCUT2D eigenvalue weighted by atomic mass is 79.9. The molecule has 28 rings (SSSR count). The smallest absolute Gasteiger partial charge is 0.0715 e. The van der Waals surface area contributed by atoms with Gasteiger partial charge in [0.1, 0.15) is 0 Å². The van der Waals surface area contributed by atoms with Crippen LogP contribution < -0.4 is 29.8 Å². The average Bonchev–Trinajstić information content (AvgIpc) is 1.58. The van der Waals surface area contributed by atoms with Gasteiger partial charge in [-0.2, -0.15) is 0 Å². The lowest BCUT2D eigenvalue weighted by atomic mass is 9.67. The van der Waals surface area contributed by atoms with E-state index >= 15 is 0 Å². The maximum atomic E-state index is 3.80. The molecule has 24 aromatic rings. The van der Waals surface area contributed by atoms with Crippen molar-refractivity contribution in [3.8, 4) is 44.5 Å². The Bertz CT molecular complexity index is 8710. The van der Waals surface area contributed by atoms with Gasteiger partial charge >= 0.3 is 0 Å². The quantitative estimate of drug-likeness (QED) is 0.0977. The monoisotopic (exact) mass is 1910 g/mol. The summed E-state index contributed by atoms with van der Waals surface area (Å²) in [5.74, 6) is 0. The van der Waals surface area contributed by atoms with Crippen LogP contribution in [0.15, 0.2) is 575 Å². The van der Waals surface area contributed by atoms with Crippen LogP contribution in [0.2, 0.25) is 0 Å². The summed E-state index contributed by atoms with van der Waals surface area (Å²) in [6, 6.07) is 207. The van der Waals surface area contributed by atoms with E-state index in [0.29, 0.717) is 0 Å². The lowest BCUT2D eigenvalue weighted by Crippen LogP contribution is -2.29. The van der Waals surface area contributed by atoms with Crippen molar-refractivity contribution in [3.63, 3.8) is 0 Å². The first-order valence-electron chi connectivity index (χ1n) is 49.7. The largest absolute Gasteiger partial charge is 0.354 e. The molecule has 684 valence electrons. The highest BCUT2D eigenvalue weighted by Gasteiger charge is 2.49. The first kappa shape index (κ1) is 86.9. The molecule has 0 radical (unpaired) electrons. The Kier molecular flexibility index (Phi) is 22.2. The van der Waals surface area contributed by atoms with Crippen LogP contribution in [0, 0.1) is 0 Å². The molecule has 0 saturated heterocycles. The summed E-state index contributed by atoms with van der Waals surface area (Å²) >= 11 is 3.80. The number of benzene rings is 24. The molecule has 6 nitrogen and oxygen atoms in total. The van der Waals surface area contributed by atoms with Crippen LogP contribution in [0.25, 0.3) is 87.6 Å². The number of anilines is 17. The third-order valence-electron chi connectivity index (χ3n) is 29.5. The van der Waals surface area contributed by atoms with E-state index < -0.39 is 10.8 Å². The van der Waals surface area contributed by atoms with Crippen molar-refractivity contribution < 1.29 is 0 Å². The molecule has 0 atom stereocenters. The minimum atomic E-state index is -0.660. The zero-order valence-electron chi connectivity index (χ0n) is 79.4. The molecule has 0 fully saturated rings. The third-order valence-corrected chi connectivity index (χ3v) is 30.0. The molecule has 2 aliphatic heterocycles. The van der Waals surface area contributed by atoms with Crippen LogP contribution in [0.3, 0.4) is 0 Å². The van der Waals surface area contributed by atoms with Gasteiger partial charge in [-0.1, -0.05) is 404 Å². The Morgan fingerprint density at radius 1 is 0.193 bits per heavy atom. The molecule has 24 aromatic carbocycles. The van der Waals surface area contributed by atoms with Gasteiger partial charge in [0, 0.05) is 117 Å². The van der Waals surface area contributed by atoms with E-state index in [4.69, 9.17) is 0 Å². The number of para-hydroxylation sites is 8. The third kappa shape index (κ3) is 15.0. The molecule has 0 bridgehead atoms. The molecule has 2 heterocycles. The molecule has 0 spiro atoms. The van der Waals surface area contributed by atoms with Crippen molar-refractivity contribution in [2.75, 3.05) is 29.8 Å². The Balaban J connectivity index is 0.000000123. The summed E-state index contributed by atoms with van der Waals surface area (Å²) in [4.78, 5) is 11.9. The van der Waals surface area contributed by atoms with E-state index in [1.807, 2.05) is 0 Å². The van der Waals surface area contributed by atoms with E-state index in [1.54, 1.807) is 0 Å². The van der Waals surface area contributed by atoms with E-state index in [0.717, 1.165) is 78.4 Å². The van der Waals surface area contributed by atoms with Crippen molar-refractivity contribution in [2.24, 2.45) is 0 Å². The number of hydrogen-bond donors (Lipinski definition) is 1. The lowest BCUT2D eigenvalue weighted by molar-refractivity contribution is 0.768. The van der Waals surface area contributed by atoms with Gasteiger partial charge in [-0.05, 0) is 281 Å². The van der Waals surface area contributed by atoms with Crippen LogP contribution in [0.4, 0.5) is 96.7 Å². The van der Waals surface area contributed by atoms with Crippen molar-refractivity contribution in [1.82, 2.24) is 0 Å². The molecule has 0 aromatic heterocycles. The Morgan fingerprint density at radius 2 is 0.490 bits per heavy atom. The van der Waals surface area contributed by atoms with Crippen LogP contribution in [-0.2, 0) is 10.8 Å². The van der Waals surface area contributed by atoms with Gasteiger partial charge in [-0.3, -0.25) is 0 Å². The van der Waals surface area contributed by atoms with E-state index in [-0.39, 0.29) is 0 Å². The van der Waals surface area contributed by atoms with Crippen molar-refractivity contribution in [3.05, 3.63) is 619 Å². The predicted octanol–water partition coefficient (Wildman–Crippen LogP) is 38.2. The van der Waals surface area contributed by atoms with Gasteiger partial charge in [0.25, 0.3) is 0 Å². The predicted molar refractivity (Wildman–Crippen MR) is 613 cm³/mol. The SMILES string of the molecule is Brc1ccc2c(c1)C(c1ccccc1)(c1ccccc1)c1cc(N(c3ccccc3)c3ccccc3)ccc1-2.c1ccc(N(c2ccccc2)c2ccc3c(c2)C(c2ccccc2)(c2ccccc2)c2cc(N4c5c(ccc6cc(N(c7ccccc7)c7ccccc7)ccc56)-c5cccc6cccc4c56)ccc2-3)cc1.c1ccc(N(c2ccccc2)c2ccc3c4c(ccc3c2)-c2cccc3cccc(c23)N4)cc1. The summed E-state index contributed by atoms with van der Waals surface area (Å²) in [5, 5.41) is 13.6. The Labute approximate surface area is 853 Å². The van der Waals surface area contributed by atoms with Gasteiger partial charge in [-0.15, -0.1) is 0 Å². The van der Waals surface area contributed by atoms with Crippen molar-refractivity contribution in [2.45, 2.75) is 10.8 Å². The second kappa shape index (κ2) is 37.0. The molecule has 2 aliphatic carbocycles. The number of nitrogens with one attached hydrogen (secondary N) is 1. The Hall–Kier alpha value is -18.4. The fourth-order valence-corrected chi connectivity index (χ4v) is 23.7. The van der Waals surface area contributed by atoms with Crippen molar-refractivity contribution in [1.29, 1.82) is 0 Å². The highest BCUT2D eigenvalue weighted by molar-refractivity contribution is 9.10. The number of hydrogen-bond acceptors (Lipinski definition) is 6. The van der Waals surface area contributed by atoms with Gasteiger partial charge in [0.15, 0.2) is 0 Å². The topological polar surface area (TPSA) is 28.2 Å². The molecule has 0 saturated carbocycles.